The number of nitrogen functional groups attached to an aromatic ring is 2. The number of hydrazone groups is 1. The molecule has 0 fully saturated rings. The van der Waals surface area contributed by atoms with E-state index < -0.39 is 0 Å². The first-order valence-electron chi connectivity index (χ1n) is 5.51. The van der Waals surface area contributed by atoms with Crippen LogP contribution in [0.1, 0.15) is 16.7 Å². The van der Waals surface area contributed by atoms with Crippen molar-refractivity contribution >= 4 is 17.3 Å². The molecule has 0 aliphatic heterocycles. The fraction of sp³-hybridized carbons (Fsp3) is 0.0833. The van der Waals surface area contributed by atoms with Gasteiger partial charge in [0.1, 0.15) is 5.82 Å². The predicted molar refractivity (Wildman–Crippen MR) is 73.0 cm³/mol. The Morgan fingerprint density at radius 3 is 2.47 bits per heavy atom. The van der Waals surface area contributed by atoms with Crippen LogP contribution in [0.15, 0.2) is 29.4 Å². The molecule has 0 unspecified atom stereocenters. The van der Waals surface area contributed by atoms with E-state index in [-0.39, 0.29) is 0 Å². The Morgan fingerprint density at radius 1 is 1.32 bits per heavy atom. The molecule has 0 saturated carbocycles. The van der Waals surface area contributed by atoms with E-state index in [0.717, 1.165) is 5.56 Å². The number of hydrogen-bond acceptors (Lipinski definition) is 6. The van der Waals surface area contributed by atoms with Crippen molar-refractivity contribution in [3.8, 4) is 6.07 Å². The van der Waals surface area contributed by atoms with E-state index in [1.165, 1.54) is 0 Å². The molecule has 1 aromatic carbocycles. The van der Waals surface area contributed by atoms with Gasteiger partial charge < -0.3 is 17.3 Å². The molecular formula is C12H13N7. The van der Waals surface area contributed by atoms with Crippen molar-refractivity contribution in [3.05, 3.63) is 41.0 Å². The minimum atomic E-state index is 0.326. The van der Waals surface area contributed by atoms with E-state index in [0.29, 0.717) is 34.9 Å². The third-order valence-corrected chi connectivity index (χ3v) is 2.78. The zero-order valence-corrected chi connectivity index (χ0v) is 10.1. The van der Waals surface area contributed by atoms with Crippen molar-refractivity contribution in [2.45, 2.75) is 6.42 Å². The lowest BCUT2D eigenvalue weighted by Crippen LogP contribution is -2.10. The molecule has 7 heteroatoms. The molecule has 2 aromatic rings. The molecule has 1 aromatic heterocycles. The number of rotatable bonds is 3. The third-order valence-electron chi connectivity index (χ3n) is 2.78. The maximum atomic E-state index is 8.75. The molecule has 0 aliphatic rings. The summed E-state index contributed by atoms with van der Waals surface area (Å²) in [7, 11) is 0. The summed E-state index contributed by atoms with van der Waals surface area (Å²) in [5, 5.41) is 18.9. The van der Waals surface area contributed by atoms with Crippen LogP contribution < -0.4 is 17.3 Å². The van der Waals surface area contributed by atoms with E-state index in [1.54, 1.807) is 24.3 Å². The average molecular weight is 255 g/mol. The van der Waals surface area contributed by atoms with Gasteiger partial charge in [-0.1, -0.05) is 12.1 Å². The van der Waals surface area contributed by atoms with Gasteiger partial charge in [0.05, 0.1) is 17.3 Å². The molecular weight excluding hydrogens is 242 g/mol. The standard InChI is InChI=1S/C12H13N7/c13-6-7-1-3-8(4-2-7)10(17-16)5-9-11(14)18-19-12(9)15/h1-4H,5,16H2,(H5,14,15,18,19)/b17-10-. The van der Waals surface area contributed by atoms with Gasteiger partial charge in [-0.05, 0) is 17.7 Å². The number of nitrogens with one attached hydrogen (secondary N) is 1. The van der Waals surface area contributed by atoms with Crippen LogP contribution in [0.4, 0.5) is 11.6 Å². The van der Waals surface area contributed by atoms with Crippen LogP contribution in [0.5, 0.6) is 0 Å². The van der Waals surface area contributed by atoms with Crippen LogP contribution in [0.2, 0.25) is 0 Å². The van der Waals surface area contributed by atoms with Gasteiger partial charge >= 0.3 is 0 Å². The highest BCUT2D eigenvalue weighted by Gasteiger charge is 2.13. The Kier molecular flexibility index (Phi) is 3.34. The van der Waals surface area contributed by atoms with Crippen molar-refractivity contribution in [1.82, 2.24) is 10.2 Å². The molecule has 0 aliphatic carbocycles. The van der Waals surface area contributed by atoms with Crippen LogP contribution in [-0.4, -0.2) is 15.9 Å². The molecule has 7 N–H and O–H groups in total. The van der Waals surface area contributed by atoms with Crippen LogP contribution >= 0.6 is 0 Å². The van der Waals surface area contributed by atoms with Gasteiger partial charge in [0.25, 0.3) is 0 Å². The van der Waals surface area contributed by atoms with Gasteiger partial charge in [-0.15, -0.1) is 0 Å². The van der Waals surface area contributed by atoms with Gasteiger partial charge in [0.2, 0.25) is 0 Å². The Labute approximate surface area is 109 Å². The molecule has 0 saturated heterocycles. The molecule has 0 amide bonds. The summed E-state index contributed by atoms with van der Waals surface area (Å²) < 4.78 is 0. The van der Waals surface area contributed by atoms with E-state index >= 15 is 0 Å². The Bertz CT molecular complexity index is 626. The number of nitrogens with two attached hydrogens (primary N) is 3. The maximum Gasteiger partial charge on any atom is 0.151 e. The monoisotopic (exact) mass is 255 g/mol. The second-order valence-electron chi connectivity index (χ2n) is 3.94. The lowest BCUT2D eigenvalue weighted by Gasteiger charge is -2.05. The van der Waals surface area contributed by atoms with Crippen molar-refractivity contribution in [2.75, 3.05) is 11.5 Å². The van der Waals surface area contributed by atoms with Gasteiger partial charge in [0.15, 0.2) is 5.82 Å². The number of benzene rings is 1. The predicted octanol–water partition coefficient (Wildman–Crippen LogP) is 0.351. The topological polar surface area (TPSA) is 143 Å². The molecule has 1 heterocycles. The Morgan fingerprint density at radius 2 is 2.00 bits per heavy atom. The third kappa shape index (κ3) is 2.47. The number of nitrogens with zero attached hydrogens (tertiary/aromatic N) is 3. The first kappa shape index (κ1) is 12.4. The normalized spacial score (nSPS) is 11.2. The van der Waals surface area contributed by atoms with Gasteiger partial charge in [-0.2, -0.15) is 15.5 Å². The van der Waals surface area contributed by atoms with Crippen LogP contribution in [0, 0.1) is 11.3 Å². The summed E-state index contributed by atoms with van der Waals surface area (Å²) in [5.41, 5.74) is 14.1. The van der Waals surface area contributed by atoms with Gasteiger partial charge in [0, 0.05) is 12.0 Å². The van der Waals surface area contributed by atoms with Gasteiger partial charge in [-0.25, -0.2) is 0 Å². The zero-order chi connectivity index (χ0) is 13.8. The highest BCUT2D eigenvalue weighted by Crippen LogP contribution is 2.18. The second kappa shape index (κ2) is 5.10. The van der Waals surface area contributed by atoms with E-state index in [2.05, 4.69) is 15.3 Å². The summed E-state index contributed by atoms with van der Waals surface area (Å²) in [5.74, 6) is 6.12. The maximum absolute atomic E-state index is 8.75. The molecule has 0 radical (unpaired) electrons. The van der Waals surface area contributed by atoms with Crippen molar-refractivity contribution in [3.63, 3.8) is 0 Å². The van der Waals surface area contributed by atoms with E-state index in [4.69, 9.17) is 22.6 Å². The second-order valence-corrected chi connectivity index (χ2v) is 3.94. The summed E-state index contributed by atoms with van der Waals surface area (Å²) >= 11 is 0. The highest BCUT2D eigenvalue weighted by atomic mass is 15.2. The van der Waals surface area contributed by atoms with Crippen LogP contribution in [0.3, 0.4) is 0 Å². The number of hydrogen-bond donors (Lipinski definition) is 4. The molecule has 19 heavy (non-hydrogen) atoms. The Hall–Kier alpha value is -3.01. The molecule has 0 bridgehead atoms. The largest absolute Gasteiger partial charge is 0.384 e. The Balaban J connectivity index is 2.29. The zero-order valence-electron chi connectivity index (χ0n) is 10.1. The highest BCUT2D eigenvalue weighted by molar-refractivity contribution is 6.02. The average Bonchev–Trinajstić information content (AvgIpc) is 2.76. The first-order chi connectivity index (χ1) is 9.15. The van der Waals surface area contributed by atoms with Crippen LogP contribution in [-0.2, 0) is 6.42 Å². The van der Waals surface area contributed by atoms with Gasteiger partial charge in [-0.3, -0.25) is 5.10 Å². The first-order valence-corrected chi connectivity index (χ1v) is 5.51. The van der Waals surface area contributed by atoms with Crippen molar-refractivity contribution < 1.29 is 0 Å². The number of aromatic amines is 1. The fourth-order valence-corrected chi connectivity index (χ4v) is 1.71. The van der Waals surface area contributed by atoms with Crippen LogP contribution in [0.25, 0.3) is 0 Å². The number of nitriles is 1. The number of aromatic nitrogens is 2. The molecule has 7 nitrogen and oxygen atoms in total. The van der Waals surface area contributed by atoms with E-state index in [9.17, 15) is 0 Å². The lowest BCUT2D eigenvalue weighted by molar-refractivity contribution is 1.11. The summed E-state index contributed by atoms with van der Waals surface area (Å²) in [6.07, 6.45) is 0.372. The minimum Gasteiger partial charge on any atom is -0.384 e. The molecule has 0 atom stereocenters. The minimum absolute atomic E-state index is 0.326. The molecule has 2 rings (SSSR count). The molecule has 0 spiro atoms. The number of H-pyrrole nitrogens is 1. The fourth-order valence-electron chi connectivity index (χ4n) is 1.71. The smallest absolute Gasteiger partial charge is 0.151 e. The quantitative estimate of drug-likeness (QED) is 0.355. The molecule has 96 valence electrons. The summed E-state index contributed by atoms with van der Waals surface area (Å²) in [6, 6.07) is 8.99. The van der Waals surface area contributed by atoms with Crippen molar-refractivity contribution in [1.29, 1.82) is 5.26 Å². The summed E-state index contributed by atoms with van der Waals surface area (Å²) in [4.78, 5) is 0. The SMILES string of the molecule is N#Cc1ccc(/C(Cc2c(N)n[nH]c2N)=N\N)cc1. The lowest BCUT2D eigenvalue weighted by atomic mass is 10.0. The van der Waals surface area contributed by atoms with E-state index in [1.807, 2.05) is 6.07 Å². The van der Waals surface area contributed by atoms with Crippen molar-refractivity contribution in [2.24, 2.45) is 10.9 Å². The number of anilines is 2. The summed E-state index contributed by atoms with van der Waals surface area (Å²) in [6.45, 7) is 0.